The first-order valence-corrected chi connectivity index (χ1v) is 7.58. The lowest BCUT2D eigenvalue weighted by atomic mass is 10.3. The van der Waals surface area contributed by atoms with Gasteiger partial charge in [0.2, 0.25) is 0 Å². The van der Waals surface area contributed by atoms with Gasteiger partial charge in [0.25, 0.3) is 0 Å². The van der Waals surface area contributed by atoms with Gasteiger partial charge in [0, 0.05) is 44.7 Å². The van der Waals surface area contributed by atoms with Crippen LogP contribution in [0.1, 0.15) is 0 Å². The van der Waals surface area contributed by atoms with Gasteiger partial charge in [-0.15, -0.1) is 0 Å². The summed E-state index contributed by atoms with van der Waals surface area (Å²) >= 11 is 1.88. The van der Waals surface area contributed by atoms with Crippen LogP contribution >= 0.6 is 11.8 Å². The predicted octanol–water partition coefficient (Wildman–Crippen LogP) is 0.782. The standard InChI is InChI=1S/C12H22N4S/c1-14-5-7-16(8-6-14)12-3-4-15(11-13-12)9-10-17-2/h3-4H,5-11H2,1-2H3. The Hall–Kier alpha value is -0.680. The largest absolute Gasteiger partial charge is 0.357 e. The third-order valence-corrected chi connectivity index (χ3v) is 3.85. The number of amidine groups is 1. The van der Waals surface area contributed by atoms with Crippen LogP contribution in [0, 0.1) is 0 Å². The Labute approximate surface area is 108 Å². The molecule has 0 amide bonds. The van der Waals surface area contributed by atoms with Crippen LogP contribution in [0.3, 0.4) is 0 Å². The summed E-state index contributed by atoms with van der Waals surface area (Å²) in [5, 5.41) is 0. The van der Waals surface area contributed by atoms with Gasteiger partial charge in [0.1, 0.15) is 12.5 Å². The normalized spacial score (nSPS) is 21.9. The minimum Gasteiger partial charge on any atom is -0.357 e. The second kappa shape index (κ2) is 6.31. The topological polar surface area (TPSA) is 22.1 Å². The number of aliphatic imine (C=N–C) groups is 1. The smallest absolute Gasteiger partial charge is 0.127 e. The van der Waals surface area contributed by atoms with Crippen molar-refractivity contribution in [3.63, 3.8) is 0 Å². The molecule has 0 unspecified atom stereocenters. The molecular formula is C12H22N4S. The van der Waals surface area contributed by atoms with Crippen molar-refractivity contribution in [1.82, 2.24) is 14.7 Å². The van der Waals surface area contributed by atoms with Crippen LogP contribution in [-0.2, 0) is 0 Å². The first kappa shape index (κ1) is 12.8. The Morgan fingerprint density at radius 2 is 2.06 bits per heavy atom. The highest BCUT2D eigenvalue weighted by molar-refractivity contribution is 7.98. The van der Waals surface area contributed by atoms with Gasteiger partial charge in [-0.05, 0) is 19.4 Å². The van der Waals surface area contributed by atoms with Crippen molar-refractivity contribution in [2.75, 3.05) is 58.4 Å². The van der Waals surface area contributed by atoms with Gasteiger partial charge in [-0.25, -0.2) is 4.99 Å². The van der Waals surface area contributed by atoms with Gasteiger partial charge in [-0.3, -0.25) is 0 Å². The molecule has 4 nitrogen and oxygen atoms in total. The molecule has 2 heterocycles. The molecule has 2 rings (SSSR count). The maximum Gasteiger partial charge on any atom is 0.127 e. The molecule has 0 radical (unpaired) electrons. The van der Waals surface area contributed by atoms with E-state index in [9.17, 15) is 0 Å². The monoisotopic (exact) mass is 254 g/mol. The van der Waals surface area contributed by atoms with E-state index in [1.807, 2.05) is 11.8 Å². The lowest BCUT2D eigenvalue weighted by Gasteiger charge is -2.35. The summed E-state index contributed by atoms with van der Waals surface area (Å²) in [5.74, 6) is 2.34. The molecule has 0 bridgehead atoms. The number of thioether (sulfide) groups is 1. The highest BCUT2D eigenvalue weighted by Crippen LogP contribution is 2.07. The van der Waals surface area contributed by atoms with E-state index in [4.69, 9.17) is 0 Å². The van der Waals surface area contributed by atoms with Crippen LogP contribution < -0.4 is 0 Å². The van der Waals surface area contributed by atoms with Crippen LogP contribution in [-0.4, -0.2) is 79.0 Å². The van der Waals surface area contributed by atoms with E-state index in [1.54, 1.807) is 0 Å². The number of piperazine rings is 1. The molecule has 17 heavy (non-hydrogen) atoms. The minimum atomic E-state index is 0.818. The summed E-state index contributed by atoms with van der Waals surface area (Å²) in [4.78, 5) is 11.7. The Bertz CT molecular complexity index is 295. The Kier molecular flexibility index (Phi) is 4.74. The molecule has 0 aromatic carbocycles. The van der Waals surface area contributed by atoms with Crippen molar-refractivity contribution < 1.29 is 0 Å². The van der Waals surface area contributed by atoms with Gasteiger partial charge < -0.3 is 14.7 Å². The molecule has 0 atom stereocenters. The van der Waals surface area contributed by atoms with Gasteiger partial charge >= 0.3 is 0 Å². The number of hydrogen-bond acceptors (Lipinski definition) is 5. The minimum absolute atomic E-state index is 0.818. The summed E-state index contributed by atoms with van der Waals surface area (Å²) in [6.45, 7) is 6.40. The van der Waals surface area contributed by atoms with Crippen molar-refractivity contribution in [3.8, 4) is 0 Å². The summed E-state index contributed by atoms with van der Waals surface area (Å²) in [7, 11) is 2.18. The first-order chi connectivity index (χ1) is 8.29. The fraction of sp³-hybridized carbons (Fsp3) is 0.750. The zero-order valence-electron chi connectivity index (χ0n) is 10.8. The fourth-order valence-electron chi connectivity index (χ4n) is 2.03. The van der Waals surface area contributed by atoms with Gasteiger partial charge in [0.15, 0.2) is 0 Å². The summed E-state index contributed by atoms with van der Waals surface area (Å²) in [6.07, 6.45) is 6.50. The van der Waals surface area contributed by atoms with Crippen molar-refractivity contribution in [1.29, 1.82) is 0 Å². The fourth-order valence-corrected chi connectivity index (χ4v) is 2.45. The molecule has 5 heteroatoms. The molecule has 0 aromatic heterocycles. The molecule has 2 aliphatic rings. The van der Waals surface area contributed by atoms with Crippen molar-refractivity contribution in [2.45, 2.75) is 0 Å². The molecule has 1 saturated heterocycles. The maximum atomic E-state index is 4.67. The molecule has 0 aliphatic carbocycles. The molecule has 1 fully saturated rings. The Balaban J connectivity index is 1.80. The maximum absolute atomic E-state index is 4.67. The van der Waals surface area contributed by atoms with Crippen LogP contribution in [0.5, 0.6) is 0 Å². The second-order valence-corrected chi connectivity index (χ2v) is 5.55. The van der Waals surface area contributed by atoms with Crippen LogP contribution in [0.4, 0.5) is 0 Å². The van der Waals surface area contributed by atoms with Crippen LogP contribution in [0.2, 0.25) is 0 Å². The molecule has 2 aliphatic heterocycles. The summed E-state index contributed by atoms with van der Waals surface area (Å²) in [6, 6.07) is 0. The van der Waals surface area contributed by atoms with Crippen LogP contribution in [0.15, 0.2) is 17.3 Å². The van der Waals surface area contributed by atoms with E-state index in [2.05, 4.69) is 45.3 Å². The van der Waals surface area contributed by atoms with Crippen molar-refractivity contribution in [2.24, 2.45) is 4.99 Å². The summed E-state index contributed by atoms with van der Waals surface area (Å²) in [5.41, 5.74) is 0. The molecule has 0 N–H and O–H groups in total. The third kappa shape index (κ3) is 3.64. The zero-order valence-corrected chi connectivity index (χ0v) is 11.6. The zero-order chi connectivity index (χ0) is 12.1. The highest BCUT2D eigenvalue weighted by Gasteiger charge is 2.17. The Morgan fingerprint density at radius 1 is 1.29 bits per heavy atom. The lowest BCUT2D eigenvalue weighted by molar-refractivity contribution is 0.214. The summed E-state index contributed by atoms with van der Waals surface area (Å²) < 4.78 is 0. The average molecular weight is 254 g/mol. The van der Waals surface area contributed by atoms with Gasteiger partial charge in [-0.2, -0.15) is 11.8 Å². The van der Waals surface area contributed by atoms with Gasteiger partial charge in [-0.1, -0.05) is 0 Å². The van der Waals surface area contributed by atoms with E-state index in [0.717, 1.165) is 39.4 Å². The van der Waals surface area contributed by atoms with E-state index in [-0.39, 0.29) is 0 Å². The molecule has 0 saturated carbocycles. The Morgan fingerprint density at radius 3 is 2.65 bits per heavy atom. The predicted molar refractivity (Wildman–Crippen MR) is 75.6 cm³/mol. The average Bonchev–Trinajstić information content (AvgIpc) is 2.38. The first-order valence-electron chi connectivity index (χ1n) is 6.19. The number of rotatable bonds is 3. The van der Waals surface area contributed by atoms with E-state index < -0.39 is 0 Å². The van der Waals surface area contributed by atoms with E-state index in [1.165, 1.54) is 11.6 Å². The van der Waals surface area contributed by atoms with Crippen molar-refractivity contribution >= 4 is 17.6 Å². The lowest BCUT2D eigenvalue weighted by Crippen LogP contribution is -2.47. The third-order valence-electron chi connectivity index (χ3n) is 3.26. The molecule has 96 valence electrons. The number of hydrogen-bond donors (Lipinski definition) is 0. The molecule has 0 aromatic rings. The molecule has 0 spiro atoms. The van der Waals surface area contributed by atoms with E-state index >= 15 is 0 Å². The number of nitrogens with zero attached hydrogens (tertiary/aromatic N) is 4. The highest BCUT2D eigenvalue weighted by atomic mass is 32.2. The van der Waals surface area contributed by atoms with Gasteiger partial charge in [0.05, 0.1) is 0 Å². The SMILES string of the molecule is CSCCN1C=CC(N2CCN(C)CC2)=NC1. The van der Waals surface area contributed by atoms with Crippen LogP contribution in [0.25, 0.3) is 0 Å². The second-order valence-electron chi connectivity index (χ2n) is 4.57. The van der Waals surface area contributed by atoms with Crippen molar-refractivity contribution in [3.05, 3.63) is 12.3 Å². The number of likely N-dealkylation sites (N-methyl/N-ethyl adjacent to an activating group) is 1. The quantitative estimate of drug-likeness (QED) is 0.742. The van der Waals surface area contributed by atoms with E-state index in [0.29, 0.717) is 0 Å². The molecular weight excluding hydrogens is 232 g/mol.